The minimum Gasteiger partial charge on any atom is -0.366 e. The average Bonchev–Trinajstić information content (AvgIpc) is 2.31. The van der Waals surface area contributed by atoms with Gasteiger partial charge in [-0.3, -0.25) is 4.79 Å². The zero-order valence-corrected chi connectivity index (χ0v) is 11.1. The van der Waals surface area contributed by atoms with E-state index in [0.717, 1.165) is 11.4 Å². The van der Waals surface area contributed by atoms with Crippen LogP contribution in [-0.2, 0) is 4.79 Å². The lowest BCUT2D eigenvalue weighted by molar-refractivity contribution is -0.114. The van der Waals surface area contributed by atoms with E-state index in [9.17, 15) is 4.79 Å². The minimum atomic E-state index is -0.327. The molecule has 2 N–H and O–H groups in total. The van der Waals surface area contributed by atoms with Crippen LogP contribution in [0.1, 0.15) is 20.3 Å². The Labute approximate surface area is 105 Å². The van der Waals surface area contributed by atoms with Gasteiger partial charge in [-0.05, 0) is 36.3 Å². The number of carbonyl (C=O) groups is 1. The van der Waals surface area contributed by atoms with E-state index in [4.69, 9.17) is 5.73 Å². The van der Waals surface area contributed by atoms with Crippen molar-refractivity contribution >= 4 is 28.4 Å². The van der Waals surface area contributed by atoms with Gasteiger partial charge in [0.2, 0.25) is 5.91 Å². The number of nitrogens with two attached hydrogens (primary N) is 1. The molecule has 0 aliphatic rings. The maximum atomic E-state index is 10.2. The van der Waals surface area contributed by atoms with E-state index in [1.807, 2.05) is 31.2 Å². The van der Waals surface area contributed by atoms with Gasteiger partial charge in [0.15, 0.2) is 0 Å². The molecule has 0 fully saturated rings. The third-order valence-corrected chi connectivity index (χ3v) is 2.62. The summed E-state index contributed by atoms with van der Waals surface area (Å²) in [6, 6.07) is 5.73. The Balaban J connectivity index is 0.000000281. The zero-order valence-electron chi connectivity index (χ0n) is 9.38. The van der Waals surface area contributed by atoms with E-state index in [2.05, 4.69) is 16.6 Å². The normalized spacial score (nSPS) is 10.3. The van der Waals surface area contributed by atoms with Gasteiger partial charge in [-0.25, -0.2) is 4.98 Å². The first-order valence-corrected chi connectivity index (χ1v) is 6.67. The Kier molecular flexibility index (Phi) is 8.75. The molecule has 0 bridgehead atoms. The van der Waals surface area contributed by atoms with Crippen molar-refractivity contribution in [2.75, 3.05) is 0 Å². The Bertz CT molecular complexity index is 339. The quantitative estimate of drug-likeness (QED) is 0.497. The molecule has 3 nitrogen and oxygen atoms in total. The minimum absolute atomic E-state index is 0.327. The van der Waals surface area contributed by atoms with E-state index in [0.29, 0.717) is 5.57 Å². The molecule has 1 rings (SSSR count). The van der Waals surface area contributed by atoms with Crippen LogP contribution in [-0.4, -0.2) is 10.9 Å². The highest BCUT2D eigenvalue weighted by atomic mass is 33.1. The second-order valence-electron chi connectivity index (χ2n) is 2.92. The van der Waals surface area contributed by atoms with Crippen LogP contribution >= 0.6 is 22.5 Å². The van der Waals surface area contributed by atoms with Gasteiger partial charge < -0.3 is 5.73 Å². The maximum Gasteiger partial charge on any atom is 0.244 e. The van der Waals surface area contributed by atoms with Crippen LogP contribution in [0.5, 0.6) is 0 Å². The van der Waals surface area contributed by atoms with E-state index < -0.39 is 0 Å². The fourth-order valence-electron chi connectivity index (χ4n) is 0.808. The number of nitrogens with zero attached hydrogens (tertiary/aromatic N) is 1. The Morgan fingerprint density at radius 3 is 2.56 bits per heavy atom. The zero-order chi connectivity index (χ0) is 12.4. The molecule has 0 spiro atoms. The van der Waals surface area contributed by atoms with E-state index >= 15 is 0 Å². The summed E-state index contributed by atoms with van der Waals surface area (Å²) in [6.07, 6.45) is 4.43. The fraction of sp³-hybridized carbons (Fsp3) is 0.273. The van der Waals surface area contributed by atoms with Crippen LogP contribution in [0.15, 0.2) is 41.1 Å². The van der Waals surface area contributed by atoms with Crippen LogP contribution in [0.2, 0.25) is 0 Å². The maximum absolute atomic E-state index is 10.2. The monoisotopic (exact) mass is 256 g/mol. The van der Waals surface area contributed by atoms with Gasteiger partial charge in [-0.2, -0.15) is 0 Å². The van der Waals surface area contributed by atoms with Crippen LogP contribution in [0.4, 0.5) is 0 Å². The summed E-state index contributed by atoms with van der Waals surface area (Å²) >= 11 is 3.96. The summed E-state index contributed by atoms with van der Waals surface area (Å²) in [4.78, 5) is 14.2. The largest absolute Gasteiger partial charge is 0.366 e. The Morgan fingerprint density at radius 1 is 1.62 bits per heavy atom. The lowest BCUT2D eigenvalue weighted by Crippen LogP contribution is -2.11. The molecule has 88 valence electrons. The van der Waals surface area contributed by atoms with Crippen molar-refractivity contribution in [2.24, 2.45) is 5.73 Å². The highest BCUT2D eigenvalue weighted by Gasteiger charge is 1.91. The highest BCUT2D eigenvalue weighted by molar-refractivity contribution is 8.68. The van der Waals surface area contributed by atoms with Gasteiger partial charge >= 0.3 is 0 Å². The van der Waals surface area contributed by atoms with Crippen molar-refractivity contribution < 1.29 is 4.79 Å². The number of amides is 1. The molecular weight excluding hydrogens is 240 g/mol. The number of thiol groups is 1. The molecule has 16 heavy (non-hydrogen) atoms. The molecule has 1 heterocycles. The third kappa shape index (κ3) is 7.36. The Morgan fingerprint density at radius 2 is 2.31 bits per heavy atom. The van der Waals surface area contributed by atoms with E-state index in [1.54, 1.807) is 13.1 Å². The molecule has 0 unspecified atom stereocenters. The molecule has 0 saturated heterocycles. The van der Waals surface area contributed by atoms with Gasteiger partial charge in [-0.15, -0.1) is 11.7 Å². The summed E-state index contributed by atoms with van der Waals surface area (Å²) in [5.74, 6) is -0.327. The summed E-state index contributed by atoms with van der Waals surface area (Å²) in [5, 5.41) is 0.941. The number of hydrogen-bond donors (Lipinski definition) is 2. The van der Waals surface area contributed by atoms with Gasteiger partial charge in [0, 0.05) is 11.8 Å². The molecule has 0 saturated carbocycles. The van der Waals surface area contributed by atoms with Crippen molar-refractivity contribution in [2.45, 2.75) is 25.3 Å². The predicted octanol–water partition coefficient (Wildman–Crippen LogP) is 2.85. The van der Waals surface area contributed by atoms with Crippen molar-refractivity contribution in [3.63, 3.8) is 0 Å². The number of allylic oxidation sites excluding steroid dienone is 1. The third-order valence-electron chi connectivity index (χ3n) is 1.63. The molecule has 0 atom stereocenters. The van der Waals surface area contributed by atoms with Crippen LogP contribution in [0.3, 0.4) is 0 Å². The molecule has 0 aromatic carbocycles. The lowest BCUT2D eigenvalue weighted by Gasteiger charge is -1.88. The van der Waals surface area contributed by atoms with E-state index in [-0.39, 0.29) is 5.91 Å². The molecule has 0 aliphatic heterocycles. The topological polar surface area (TPSA) is 56.0 Å². The van der Waals surface area contributed by atoms with Gasteiger partial charge in [0.25, 0.3) is 0 Å². The standard InChI is InChI=1S/C6H11NO.C5H5NS2/c1-3-4-5(2)6(7)8;7-8-5-3-1-2-4-6-5/h4H,3H2,1-2H3,(H2,7,8);1-4,7H. The molecule has 5 heteroatoms. The van der Waals surface area contributed by atoms with Crippen molar-refractivity contribution in [1.29, 1.82) is 0 Å². The highest BCUT2D eigenvalue weighted by Crippen LogP contribution is 2.16. The summed E-state index contributed by atoms with van der Waals surface area (Å²) in [5.41, 5.74) is 5.56. The number of primary amides is 1. The van der Waals surface area contributed by atoms with Gasteiger partial charge in [0.1, 0.15) is 5.03 Å². The number of pyridine rings is 1. The number of rotatable bonds is 3. The molecule has 1 aromatic rings. The van der Waals surface area contributed by atoms with E-state index in [1.165, 1.54) is 10.8 Å². The Hall–Kier alpha value is -0.940. The fourth-order valence-corrected chi connectivity index (χ4v) is 1.38. The average molecular weight is 256 g/mol. The first-order valence-electron chi connectivity index (χ1n) is 4.80. The predicted molar refractivity (Wildman–Crippen MR) is 72.3 cm³/mol. The first kappa shape index (κ1) is 15.1. The van der Waals surface area contributed by atoms with Crippen molar-refractivity contribution in [3.8, 4) is 0 Å². The lowest BCUT2D eigenvalue weighted by atomic mass is 10.2. The molecule has 1 amide bonds. The summed E-state index contributed by atoms with van der Waals surface area (Å²) in [7, 11) is 1.35. The molecular formula is C11H16N2OS2. The smallest absolute Gasteiger partial charge is 0.244 e. The van der Waals surface area contributed by atoms with Crippen molar-refractivity contribution in [3.05, 3.63) is 36.0 Å². The molecule has 1 aromatic heterocycles. The van der Waals surface area contributed by atoms with Crippen LogP contribution in [0.25, 0.3) is 0 Å². The summed E-state index contributed by atoms with van der Waals surface area (Å²) in [6.45, 7) is 3.68. The van der Waals surface area contributed by atoms with Crippen LogP contribution in [0, 0.1) is 0 Å². The molecule has 0 aliphatic carbocycles. The second-order valence-corrected chi connectivity index (χ2v) is 4.07. The SMILES string of the molecule is CCC=C(C)C(N)=O.SSc1ccccn1. The number of carbonyl (C=O) groups excluding carboxylic acids is 1. The van der Waals surface area contributed by atoms with Crippen LogP contribution < -0.4 is 5.73 Å². The van der Waals surface area contributed by atoms with Crippen molar-refractivity contribution in [1.82, 2.24) is 4.98 Å². The van der Waals surface area contributed by atoms with Gasteiger partial charge in [0.05, 0.1) is 0 Å². The summed E-state index contributed by atoms with van der Waals surface area (Å²) < 4.78 is 0. The molecule has 0 radical (unpaired) electrons. The number of hydrogen-bond acceptors (Lipinski definition) is 4. The van der Waals surface area contributed by atoms with Gasteiger partial charge in [-0.1, -0.05) is 19.1 Å². The first-order chi connectivity index (χ1) is 7.61. The second kappa shape index (κ2) is 9.30. The number of aromatic nitrogens is 1.